The number of hydrogen-bond acceptors (Lipinski definition) is 1. The van der Waals surface area contributed by atoms with Crippen LogP contribution in [0.2, 0.25) is 0 Å². The average Bonchev–Trinajstić information content (AvgIpc) is 3.94. The maximum Gasteiger partial charge on any atom is 0.138 e. The molecule has 9 aromatic carbocycles. The lowest BCUT2D eigenvalue weighted by Gasteiger charge is -2.15. The predicted molar refractivity (Wildman–Crippen MR) is 239 cm³/mol. The molecule has 12 aromatic rings. The first-order valence-electron chi connectivity index (χ1n) is 19.5. The van der Waals surface area contributed by atoms with Crippen molar-refractivity contribution in [1.29, 1.82) is 0 Å². The summed E-state index contributed by atoms with van der Waals surface area (Å²) >= 11 is 0. The second kappa shape index (κ2) is 12.5. The van der Waals surface area contributed by atoms with Crippen LogP contribution in [0.25, 0.3) is 110 Å². The van der Waals surface area contributed by atoms with Crippen molar-refractivity contribution >= 4 is 65.6 Å². The first-order valence-corrected chi connectivity index (χ1v) is 19.5. The van der Waals surface area contributed by atoms with Gasteiger partial charge in [0.25, 0.3) is 0 Å². The maximum absolute atomic E-state index is 6.71. The fourth-order valence-corrected chi connectivity index (χ4v) is 9.18. The van der Waals surface area contributed by atoms with Gasteiger partial charge >= 0.3 is 0 Å². The zero-order valence-corrected chi connectivity index (χ0v) is 30.9. The van der Waals surface area contributed by atoms with Gasteiger partial charge in [-0.3, -0.25) is 0 Å². The topological polar surface area (TPSA) is 23.0 Å². The average molecular weight is 727 g/mol. The van der Waals surface area contributed by atoms with E-state index >= 15 is 0 Å². The van der Waals surface area contributed by atoms with Crippen molar-refractivity contribution in [3.8, 4) is 44.8 Å². The van der Waals surface area contributed by atoms with Crippen LogP contribution in [0, 0.1) is 0 Å². The van der Waals surface area contributed by atoms with Gasteiger partial charge in [0.1, 0.15) is 11.2 Å². The Balaban J connectivity index is 1.14. The lowest BCUT2D eigenvalue weighted by Crippen LogP contribution is -1.97. The smallest absolute Gasteiger partial charge is 0.138 e. The molecule has 0 amide bonds. The standard InChI is InChI=1S/C54H34N2O/c1-3-15-35(16-4-1)40-19-7-8-20-41(40)38-33-51(54-46-23-11-14-26-52(46)57-53(54)34-38)56-48-25-13-10-22-43(48)45-30-28-37(32-50(45)56)36-27-29-44-42-21-9-12-24-47(42)55(49(44)31-36)39-17-5-2-6-18-39/h1-34H. The van der Waals surface area contributed by atoms with Crippen molar-refractivity contribution in [2.45, 2.75) is 0 Å². The third kappa shape index (κ3) is 4.86. The Morgan fingerprint density at radius 3 is 1.49 bits per heavy atom. The molecule has 3 aromatic heterocycles. The van der Waals surface area contributed by atoms with Crippen LogP contribution in [-0.2, 0) is 0 Å². The van der Waals surface area contributed by atoms with Gasteiger partial charge in [-0.05, 0) is 88.0 Å². The zero-order chi connectivity index (χ0) is 37.5. The van der Waals surface area contributed by atoms with Crippen molar-refractivity contribution in [3.63, 3.8) is 0 Å². The van der Waals surface area contributed by atoms with Crippen LogP contribution in [0.5, 0.6) is 0 Å². The number of benzene rings is 9. The van der Waals surface area contributed by atoms with Gasteiger partial charge in [0, 0.05) is 32.6 Å². The molecule has 0 spiro atoms. The van der Waals surface area contributed by atoms with E-state index in [1.54, 1.807) is 0 Å². The summed E-state index contributed by atoms with van der Waals surface area (Å²) in [6.45, 7) is 0. The van der Waals surface area contributed by atoms with Crippen LogP contribution in [0.3, 0.4) is 0 Å². The molecule has 0 N–H and O–H groups in total. The number of fused-ring (bicyclic) bond motifs is 9. The number of rotatable bonds is 5. The maximum atomic E-state index is 6.71. The summed E-state index contributed by atoms with van der Waals surface area (Å²) in [6, 6.07) is 74.4. The number of para-hydroxylation sites is 4. The van der Waals surface area contributed by atoms with Crippen LogP contribution < -0.4 is 0 Å². The summed E-state index contributed by atoms with van der Waals surface area (Å²) < 4.78 is 11.6. The molecule has 266 valence electrons. The van der Waals surface area contributed by atoms with Gasteiger partial charge in [-0.25, -0.2) is 0 Å². The summed E-state index contributed by atoms with van der Waals surface area (Å²) in [4.78, 5) is 0. The van der Waals surface area contributed by atoms with Crippen LogP contribution in [0.15, 0.2) is 211 Å². The summed E-state index contributed by atoms with van der Waals surface area (Å²) in [6.07, 6.45) is 0. The van der Waals surface area contributed by atoms with E-state index in [1.165, 1.54) is 49.3 Å². The number of aromatic nitrogens is 2. The van der Waals surface area contributed by atoms with Gasteiger partial charge in [-0.2, -0.15) is 0 Å². The number of nitrogens with zero attached hydrogens (tertiary/aromatic N) is 2. The molecule has 0 atom stereocenters. The summed E-state index contributed by atoms with van der Waals surface area (Å²) in [5, 5.41) is 7.14. The first kappa shape index (κ1) is 31.7. The molecule has 0 aliphatic heterocycles. The summed E-state index contributed by atoms with van der Waals surface area (Å²) in [5.41, 5.74) is 15.7. The monoisotopic (exact) mass is 726 g/mol. The Hall–Kier alpha value is -7.62. The number of furan rings is 1. The molecule has 3 heterocycles. The molecule has 57 heavy (non-hydrogen) atoms. The molecule has 3 heteroatoms. The molecule has 0 aliphatic carbocycles. The van der Waals surface area contributed by atoms with E-state index in [-0.39, 0.29) is 0 Å². The SMILES string of the molecule is c1ccc(-c2ccccc2-c2cc(-n3c4ccccc4c4ccc(-c5ccc6c7ccccc7n(-c7ccccc7)c6c5)cc43)c3c(c2)oc2ccccc23)cc1. The van der Waals surface area contributed by atoms with Crippen LogP contribution >= 0.6 is 0 Å². The lowest BCUT2D eigenvalue weighted by molar-refractivity contribution is 0.669. The lowest BCUT2D eigenvalue weighted by atomic mass is 9.93. The highest BCUT2D eigenvalue weighted by Crippen LogP contribution is 2.44. The van der Waals surface area contributed by atoms with Gasteiger partial charge in [-0.1, -0.05) is 152 Å². The Morgan fingerprint density at radius 2 is 0.807 bits per heavy atom. The highest BCUT2D eigenvalue weighted by molar-refractivity contribution is 6.16. The van der Waals surface area contributed by atoms with Crippen LogP contribution in [0.1, 0.15) is 0 Å². The van der Waals surface area contributed by atoms with Gasteiger partial charge < -0.3 is 13.6 Å². The van der Waals surface area contributed by atoms with Gasteiger partial charge in [-0.15, -0.1) is 0 Å². The fraction of sp³-hybridized carbons (Fsp3) is 0. The molecule has 12 rings (SSSR count). The van der Waals surface area contributed by atoms with Gasteiger partial charge in [0.2, 0.25) is 0 Å². The molecular weight excluding hydrogens is 693 g/mol. The minimum absolute atomic E-state index is 0.868. The van der Waals surface area contributed by atoms with E-state index in [4.69, 9.17) is 4.42 Å². The quantitative estimate of drug-likeness (QED) is 0.173. The predicted octanol–water partition coefficient (Wildman–Crippen LogP) is 14.8. The van der Waals surface area contributed by atoms with E-state index in [0.29, 0.717) is 0 Å². The van der Waals surface area contributed by atoms with Gasteiger partial charge in [0.05, 0.1) is 33.1 Å². The normalized spacial score (nSPS) is 11.9. The van der Waals surface area contributed by atoms with Crippen molar-refractivity contribution in [2.75, 3.05) is 0 Å². The second-order valence-corrected chi connectivity index (χ2v) is 14.9. The Bertz CT molecular complexity index is 3510. The molecule has 0 unspecified atom stereocenters. The largest absolute Gasteiger partial charge is 0.456 e. The first-order chi connectivity index (χ1) is 28.3. The molecule has 0 radical (unpaired) electrons. The Kier molecular flexibility index (Phi) is 6.93. The molecule has 0 bridgehead atoms. The van der Waals surface area contributed by atoms with Gasteiger partial charge in [0.15, 0.2) is 0 Å². The number of hydrogen-bond donors (Lipinski definition) is 0. The molecule has 0 saturated heterocycles. The third-order valence-electron chi connectivity index (χ3n) is 11.7. The molecule has 0 saturated carbocycles. The zero-order valence-electron chi connectivity index (χ0n) is 30.9. The van der Waals surface area contributed by atoms with Crippen LogP contribution in [-0.4, -0.2) is 9.13 Å². The third-order valence-corrected chi connectivity index (χ3v) is 11.7. The fourth-order valence-electron chi connectivity index (χ4n) is 9.18. The minimum Gasteiger partial charge on any atom is -0.456 e. The Labute approximate surface area is 328 Å². The van der Waals surface area contributed by atoms with E-state index in [0.717, 1.165) is 61.0 Å². The Morgan fingerprint density at radius 1 is 0.298 bits per heavy atom. The van der Waals surface area contributed by atoms with Crippen molar-refractivity contribution in [2.24, 2.45) is 0 Å². The summed E-state index contributed by atoms with van der Waals surface area (Å²) in [5.74, 6) is 0. The van der Waals surface area contributed by atoms with Crippen molar-refractivity contribution in [3.05, 3.63) is 206 Å². The minimum atomic E-state index is 0.868. The second-order valence-electron chi connectivity index (χ2n) is 14.9. The highest BCUT2D eigenvalue weighted by atomic mass is 16.3. The molecule has 0 aliphatic rings. The van der Waals surface area contributed by atoms with E-state index in [9.17, 15) is 0 Å². The highest BCUT2D eigenvalue weighted by Gasteiger charge is 2.21. The van der Waals surface area contributed by atoms with Crippen molar-refractivity contribution in [1.82, 2.24) is 9.13 Å². The van der Waals surface area contributed by atoms with E-state index < -0.39 is 0 Å². The van der Waals surface area contributed by atoms with E-state index in [2.05, 4.69) is 215 Å². The van der Waals surface area contributed by atoms with E-state index in [1.807, 2.05) is 0 Å². The van der Waals surface area contributed by atoms with Crippen LogP contribution in [0.4, 0.5) is 0 Å². The molecular formula is C54H34N2O. The molecule has 0 fully saturated rings. The molecule has 3 nitrogen and oxygen atoms in total. The summed E-state index contributed by atoms with van der Waals surface area (Å²) in [7, 11) is 0. The van der Waals surface area contributed by atoms with Crippen molar-refractivity contribution < 1.29 is 4.42 Å².